The van der Waals surface area contributed by atoms with Crippen LogP contribution in [0.3, 0.4) is 0 Å². The van der Waals surface area contributed by atoms with Gasteiger partial charge in [-0.3, -0.25) is 0 Å². The van der Waals surface area contributed by atoms with E-state index in [1.165, 1.54) is 0 Å². The van der Waals surface area contributed by atoms with Crippen LogP contribution in [0.25, 0.3) is 0 Å². The fourth-order valence-electron chi connectivity index (χ4n) is 1.53. The zero-order valence-corrected chi connectivity index (χ0v) is 11.9. The molecule has 1 aromatic carbocycles. The van der Waals surface area contributed by atoms with E-state index in [1.54, 1.807) is 24.3 Å². The topological polar surface area (TPSA) is 111 Å². The lowest BCUT2D eigenvalue weighted by molar-refractivity contribution is 0.409. The summed E-state index contributed by atoms with van der Waals surface area (Å²) in [5.41, 5.74) is 6.73. The maximum absolute atomic E-state index is 11.9. The Morgan fingerprint density at radius 3 is 2.90 bits per heavy atom. The molecule has 0 aliphatic heterocycles. The monoisotopic (exact) mass is 312 g/mol. The van der Waals surface area contributed by atoms with Crippen molar-refractivity contribution in [3.8, 4) is 0 Å². The summed E-state index contributed by atoms with van der Waals surface area (Å²) in [6.07, 6.45) is 1.13. The van der Waals surface area contributed by atoms with Crippen LogP contribution in [0.5, 0.6) is 0 Å². The molecular formula is C11H12N4O3S2. The van der Waals surface area contributed by atoms with Gasteiger partial charge in [-0.1, -0.05) is 35.6 Å². The lowest BCUT2D eigenvalue weighted by atomic mass is 10.1. The highest BCUT2D eigenvalue weighted by Crippen LogP contribution is 2.09. The summed E-state index contributed by atoms with van der Waals surface area (Å²) in [7, 11) is -3.51. The molecular weight excluding hydrogens is 300 g/mol. The van der Waals surface area contributed by atoms with Crippen molar-refractivity contribution in [2.24, 2.45) is 5.73 Å². The van der Waals surface area contributed by atoms with E-state index in [4.69, 9.17) is 18.0 Å². The second-order valence-electron chi connectivity index (χ2n) is 3.99. The van der Waals surface area contributed by atoms with Gasteiger partial charge >= 0.3 is 0 Å². The van der Waals surface area contributed by atoms with Gasteiger partial charge in [0.15, 0.2) is 5.82 Å². The van der Waals surface area contributed by atoms with Crippen LogP contribution in [0.4, 0.5) is 0 Å². The molecule has 0 unspecified atom stereocenters. The van der Waals surface area contributed by atoms with Gasteiger partial charge in [0.25, 0.3) is 0 Å². The lowest BCUT2D eigenvalue weighted by Crippen LogP contribution is -2.25. The van der Waals surface area contributed by atoms with Crippen LogP contribution in [0.1, 0.15) is 17.0 Å². The minimum atomic E-state index is -3.51. The van der Waals surface area contributed by atoms with Crippen molar-refractivity contribution in [3.63, 3.8) is 0 Å². The number of nitrogens with two attached hydrogens (primary N) is 1. The summed E-state index contributed by atoms with van der Waals surface area (Å²) >= 11 is 4.85. The summed E-state index contributed by atoms with van der Waals surface area (Å²) in [6.45, 7) is -0.0200. The second kappa shape index (κ2) is 6.07. The lowest BCUT2D eigenvalue weighted by Gasteiger charge is -2.06. The Morgan fingerprint density at radius 1 is 1.45 bits per heavy atom. The van der Waals surface area contributed by atoms with E-state index in [-0.39, 0.29) is 23.1 Å². The Kier molecular flexibility index (Phi) is 4.42. The van der Waals surface area contributed by atoms with Gasteiger partial charge in [0.2, 0.25) is 16.4 Å². The Balaban J connectivity index is 2.04. The Morgan fingerprint density at radius 2 is 2.25 bits per heavy atom. The van der Waals surface area contributed by atoms with Gasteiger partial charge in [0, 0.05) is 5.56 Å². The maximum Gasteiger partial charge on any atom is 0.216 e. The van der Waals surface area contributed by atoms with Crippen LogP contribution in [0.15, 0.2) is 35.2 Å². The highest BCUT2D eigenvalue weighted by molar-refractivity contribution is 7.88. The second-order valence-corrected chi connectivity index (χ2v) is 6.24. The highest BCUT2D eigenvalue weighted by Gasteiger charge is 2.13. The summed E-state index contributed by atoms with van der Waals surface area (Å²) in [5.74, 6) is 0.0897. The Labute approximate surface area is 121 Å². The molecule has 7 nitrogen and oxygen atoms in total. The van der Waals surface area contributed by atoms with Gasteiger partial charge in [-0.15, -0.1) is 0 Å². The summed E-state index contributed by atoms with van der Waals surface area (Å²) in [5, 5.41) is 3.52. The molecule has 0 bridgehead atoms. The van der Waals surface area contributed by atoms with Crippen LogP contribution in [-0.2, 0) is 22.3 Å². The maximum atomic E-state index is 11.9. The SMILES string of the molecule is NC(=S)c1cccc(CS(=O)(=O)NCc2ncon2)c1. The molecule has 0 radical (unpaired) electrons. The molecule has 2 aromatic rings. The van der Waals surface area contributed by atoms with Crippen molar-refractivity contribution in [3.05, 3.63) is 47.6 Å². The van der Waals surface area contributed by atoms with Gasteiger partial charge in [0.05, 0.1) is 12.3 Å². The molecule has 0 amide bonds. The Bertz CT molecular complexity index is 698. The normalized spacial score (nSPS) is 11.4. The molecule has 106 valence electrons. The van der Waals surface area contributed by atoms with E-state index in [0.29, 0.717) is 11.1 Å². The van der Waals surface area contributed by atoms with Gasteiger partial charge in [0.1, 0.15) is 4.99 Å². The molecule has 2 rings (SSSR count). The zero-order valence-electron chi connectivity index (χ0n) is 10.3. The largest absolute Gasteiger partial charge is 0.389 e. The van der Waals surface area contributed by atoms with E-state index >= 15 is 0 Å². The molecule has 3 N–H and O–H groups in total. The first-order valence-electron chi connectivity index (χ1n) is 5.57. The van der Waals surface area contributed by atoms with Crippen molar-refractivity contribution in [2.75, 3.05) is 0 Å². The van der Waals surface area contributed by atoms with Crippen LogP contribution in [0, 0.1) is 0 Å². The summed E-state index contributed by atoms with van der Waals surface area (Å²) in [6, 6.07) is 6.77. The van der Waals surface area contributed by atoms with E-state index in [1.807, 2.05) is 0 Å². The smallest absolute Gasteiger partial charge is 0.216 e. The summed E-state index contributed by atoms with van der Waals surface area (Å²) in [4.78, 5) is 3.95. The van der Waals surface area contributed by atoms with Crippen LogP contribution >= 0.6 is 12.2 Å². The molecule has 9 heteroatoms. The average molecular weight is 312 g/mol. The number of nitrogens with zero attached hydrogens (tertiary/aromatic N) is 2. The first kappa shape index (κ1) is 14.6. The van der Waals surface area contributed by atoms with Gasteiger partial charge in [-0.05, 0) is 11.6 Å². The zero-order chi connectivity index (χ0) is 14.6. The summed E-state index contributed by atoms with van der Waals surface area (Å²) < 4.78 is 30.7. The van der Waals surface area contributed by atoms with Gasteiger partial charge in [-0.25, -0.2) is 13.1 Å². The minimum Gasteiger partial charge on any atom is -0.389 e. The molecule has 0 spiro atoms. The predicted molar refractivity (Wildman–Crippen MR) is 76.1 cm³/mol. The van der Waals surface area contributed by atoms with Crippen molar-refractivity contribution in [2.45, 2.75) is 12.3 Å². The minimum absolute atomic E-state index is 0.0200. The molecule has 0 aliphatic rings. The molecule has 0 atom stereocenters. The quantitative estimate of drug-likeness (QED) is 0.739. The molecule has 20 heavy (non-hydrogen) atoms. The highest BCUT2D eigenvalue weighted by atomic mass is 32.2. The standard InChI is InChI=1S/C11H12N4O3S2/c12-11(19)9-3-1-2-8(4-9)6-20(16,17)14-5-10-13-7-18-15-10/h1-4,7,14H,5-6H2,(H2,12,19). The number of thiocarbonyl (C=S) groups is 1. The van der Waals surface area contributed by atoms with Crippen molar-refractivity contribution < 1.29 is 12.9 Å². The fraction of sp³-hybridized carbons (Fsp3) is 0.182. The van der Waals surface area contributed by atoms with Gasteiger partial charge in [-0.2, -0.15) is 4.98 Å². The van der Waals surface area contributed by atoms with E-state index in [9.17, 15) is 8.42 Å². The molecule has 0 aliphatic carbocycles. The van der Waals surface area contributed by atoms with E-state index in [0.717, 1.165) is 6.39 Å². The molecule has 0 saturated heterocycles. The van der Waals surface area contributed by atoms with Gasteiger partial charge < -0.3 is 10.3 Å². The number of nitrogens with one attached hydrogen (secondary N) is 1. The van der Waals surface area contributed by atoms with Crippen LogP contribution < -0.4 is 10.5 Å². The first-order valence-corrected chi connectivity index (χ1v) is 7.64. The molecule has 0 fully saturated rings. The van der Waals surface area contributed by atoms with Crippen molar-refractivity contribution >= 4 is 27.2 Å². The average Bonchev–Trinajstić information content (AvgIpc) is 2.89. The van der Waals surface area contributed by atoms with Crippen LogP contribution in [-0.4, -0.2) is 23.5 Å². The molecule has 0 saturated carbocycles. The van der Waals surface area contributed by atoms with Crippen molar-refractivity contribution in [1.29, 1.82) is 0 Å². The number of rotatable bonds is 6. The fourth-order valence-corrected chi connectivity index (χ4v) is 2.73. The van der Waals surface area contributed by atoms with Crippen molar-refractivity contribution in [1.82, 2.24) is 14.9 Å². The van der Waals surface area contributed by atoms with E-state index in [2.05, 4.69) is 19.4 Å². The molecule has 1 aromatic heterocycles. The number of aromatic nitrogens is 2. The predicted octanol–water partition coefficient (Wildman–Crippen LogP) is 0.323. The Hall–Kier alpha value is -1.84. The first-order chi connectivity index (χ1) is 9.46. The number of hydrogen-bond donors (Lipinski definition) is 2. The third-order valence-corrected chi connectivity index (χ3v) is 3.96. The van der Waals surface area contributed by atoms with Crippen LogP contribution in [0.2, 0.25) is 0 Å². The third kappa shape index (κ3) is 4.08. The third-order valence-electron chi connectivity index (χ3n) is 2.43. The number of sulfonamides is 1. The number of benzene rings is 1. The van der Waals surface area contributed by atoms with E-state index < -0.39 is 10.0 Å². The molecule has 1 heterocycles. The number of hydrogen-bond acceptors (Lipinski definition) is 6.